The second-order valence-corrected chi connectivity index (χ2v) is 8.88. The Balaban J connectivity index is 1.70. The lowest BCUT2D eigenvalue weighted by Gasteiger charge is -2.36. The van der Waals surface area contributed by atoms with Crippen molar-refractivity contribution in [1.82, 2.24) is 15.1 Å². The van der Waals surface area contributed by atoms with Crippen molar-refractivity contribution in [2.75, 3.05) is 13.1 Å². The summed E-state index contributed by atoms with van der Waals surface area (Å²) in [6.07, 6.45) is 3.91. The number of rotatable bonds is 5. The summed E-state index contributed by atoms with van der Waals surface area (Å²) in [4.78, 5) is 43.1. The zero-order valence-electron chi connectivity index (χ0n) is 19.1. The number of imide groups is 1. The highest BCUT2D eigenvalue weighted by Crippen LogP contribution is 2.37. The first-order valence-corrected chi connectivity index (χ1v) is 11.4. The SMILES string of the molecule is CC[C@H]1CCCCN1C(=O)CN1C(=O)N[C@@](c2ccccc2)(c2ccc(C)c(C)c2)C1=O. The molecule has 2 aromatic carbocycles. The van der Waals surface area contributed by atoms with Gasteiger partial charge >= 0.3 is 6.03 Å². The maximum atomic E-state index is 13.9. The zero-order valence-corrected chi connectivity index (χ0v) is 19.1. The minimum atomic E-state index is -1.34. The van der Waals surface area contributed by atoms with Gasteiger partial charge in [-0.3, -0.25) is 14.5 Å². The van der Waals surface area contributed by atoms with Gasteiger partial charge < -0.3 is 10.2 Å². The molecular weight excluding hydrogens is 402 g/mol. The second-order valence-electron chi connectivity index (χ2n) is 8.88. The summed E-state index contributed by atoms with van der Waals surface area (Å²) in [6.45, 7) is 6.52. The number of likely N-dealkylation sites (tertiary alicyclic amines) is 1. The van der Waals surface area contributed by atoms with Crippen LogP contribution >= 0.6 is 0 Å². The molecule has 2 aliphatic rings. The molecule has 2 aliphatic heterocycles. The summed E-state index contributed by atoms with van der Waals surface area (Å²) in [6, 6.07) is 14.7. The molecule has 0 bridgehead atoms. The van der Waals surface area contributed by atoms with Crippen LogP contribution < -0.4 is 5.32 Å². The zero-order chi connectivity index (χ0) is 22.9. The first-order chi connectivity index (χ1) is 15.4. The van der Waals surface area contributed by atoms with Gasteiger partial charge in [0.05, 0.1) is 0 Å². The third-order valence-corrected chi connectivity index (χ3v) is 6.96. The Morgan fingerprint density at radius 3 is 2.47 bits per heavy atom. The van der Waals surface area contributed by atoms with E-state index >= 15 is 0 Å². The van der Waals surface area contributed by atoms with Gasteiger partial charge in [0.15, 0.2) is 5.54 Å². The van der Waals surface area contributed by atoms with E-state index in [9.17, 15) is 14.4 Å². The van der Waals surface area contributed by atoms with E-state index in [-0.39, 0.29) is 18.5 Å². The highest BCUT2D eigenvalue weighted by molar-refractivity contribution is 6.11. The normalized spacial score (nSPS) is 23.4. The number of hydrogen-bond acceptors (Lipinski definition) is 3. The van der Waals surface area contributed by atoms with Crippen LogP contribution in [0.2, 0.25) is 0 Å². The minimum Gasteiger partial charge on any atom is -0.338 e. The van der Waals surface area contributed by atoms with Crippen LogP contribution in [0.3, 0.4) is 0 Å². The van der Waals surface area contributed by atoms with E-state index in [1.807, 2.05) is 67.3 Å². The van der Waals surface area contributed by atoms with E-state index in [0.717, 1.165) is 41.7 Å². The van der Waals surface area contributed by atoms with E-state index in [4.69, 9.17) is 0 Å². The Labute approximate surface area is 189 Å². The fourth-order valence-corrected chi connectivity index (χ4v) is 4.92. The standard InChI is InChI=1S/C26H31N3O3/c1-4-22-12-8-9-15-28(22)23(30)17-29-24(31)26(27-25(29)32,20-10-6-5-7-11-20)21-14-13-18(2)19(3)16-21/h5-7,10-11,13-14,16,22H,4,8-9,12,15,17H2,1-3H3,(H,27,32)/t22-,26-/m0/s1. The van der Waals surface area contributed by atoms with Crippen LogP contribution in [0.5, 0.6) is 0 Å². The number of carbonyl (C=O) groups excluding carboxylic acids is 3. The van der Waals surface area contributed by atoms with Crippen molar-refractivity contribution >= 4 is 17.8 Å². The Kier molecular flexibility index (Phi) is 6.04. The van der Waals surface area contributed by atoms with Crippen LogP contribution in [0.25, 0.3) is 0 Å². The number of amides is 4. The number of nitrogens with one attached hydrogen (secondary N) is 1. The van der Waals surface area contributed by atoms with Gasteiger partial charge in [-0.25, -0.2) is 4.79 Å². The molecule has 0 saturated carbocycles. The molecule has 0 spiro atoms. The van der Waals surface area contributed by atoms with Gasteiger partial charge in [-0.15, -0.1) is 0 Å². The molecule has 6 heteroatoms. The van der Waals surface area contributed by atoms with Crippen LogP contribution in [-0.4, -0.2) is 46.8 Å². The first kappa shape index (κ1) is 22.1. The molecule has 6 nitrogen and oxygen atoms in total. The van der Waals surface area contributed by atoms with Crippen molar-refractivity contribution in [2.45, 2.75) is 58.0 Å². The van der Waals surface area contributed by atoms with Crippen molar-refractivity contribution in [3.63, 3.8) is 0 Å². The summed E-state index contributed by atoms with van der Waals surface area (Å²) in [5.41, 5.74) is 2.18. The smallest absolute Gasteiger partial charge is 0.326 e. The average Bonchev–Trinajstić information content (AvgIpc) is 3.07. The summed E-state index contributed by atoms with van der Waals surface area (Å²) in [5.74, 6) is -0.570. The van der Waals surface area contributed by atoms with Crippen LogP contribution in [0, 0.1) is 13.8 Å². The number of hydrogen-bond donors (Lipinski definition) is 1. The number of nitrogens with zero attached hydrogens (tertiary/aromatic N) is 2. The number of aryl methyl sites for hydroxylation is 2. The molecule has 4 rings (SSSR count). The lowest BCUT2D eigenvalue weighted by molar-refractivity contribution is -0.140. The Morgan fingerprint density at radius 1 is 1.03 bits per heavy atom. The fourth-order valence-electron chi connectivity index (χ4n) is 4.92. The molecule has 2 heterocycles. The topological polar surface area (TPSA) is 69.7 Å². The monoisotopic (exact) mass is 433 g/mol. The van der Waals surface area contributed by atoms with Crippen molar-refractivity contribution in [1.29, 1.82) is 0 Å². The van der Waals surface area contributed by atoms with Gasteiger partial charge in [0.25, 0.3) is 5.91 Å². The number of carbonyl (C=O) groups is 3. The largest absolute Gasteiger partial charge is 0.338 e. The van der Waals surface area contributed by atoms with Crippen LogP contribution in [0.4, 0.5) is 4.79 Å². The molecule has 0 unspecified atom stereocenters. The quantitative estimate of drug-likeness (QED) is 0.728. The van der Waals surface area contributed by atoms with Crippen molar-refractivity contribution in [3.05, 3.63) is 70.8 Å². The van der Waals surface area contributed by atoms with Gasteiger partial charge in [-0.2, -0.15) is 0 Å². The Bertz CT molecular complexity index is 1040. The fraction of sp³-hybridized carbons (Fsp3) is 0.423. The number of piperidine rings is 1. The van der Waals surface area contributed by atoms with E-state index in [1.165, 1.54) is 0 Å². The average molecular weight is 434 g/mol. The van der Waals surface area contributed by atoms with Gasteiger partial charge in [0, 0.05) is 12.6 Å². The third-order valence-electron chi connectivity index (χ3n) is 6.96. The highest BCUT2D eigenvalue weighted by Gasteiger charge is 2.54. The molecule has 32 heavy (non-hydrogen) atoms. The number of benzene rings is 2. The third kappa shape index (κ3) is 3.68. The number of urea groups is 1. The van der Waals surface area contributed by atoms with E-state index in [0.29, 0.717) is 17.7 Å². The molecule has 2 atom stereocenters. The van der Waals surface area contributed by atoms with Gasteiger partial charge in [0.2, 0.25) is 5.91 Å². The summed E-state index contributed by atoms with van der Waals surface area (Å²) in [5, 5.41) is 2.95. The molecule has 0 aliphatic carbocycles. The first-order valence-electron chi connectivity index (χ1n) is 11.4. The summed E-state index contributed by atoms with van der Waals surface area (Å²) >= 11 is 0. The van der Waals surface area contributed by atoms with Crippen molar-refractivity contribution in [2.24, 2.45) is 0 Å². The van der Waals surface area contributed by atoms with Gasteiger partial charge in [-0.05, 0) is 61.8 Å². The molecule has 4 amide bonds. The maximum absolute atomic E-state index is 13.9. The lowest BCUT2D eigenvalue weighted by Crippen LogP contribution is -2.50. The lowest BCUT2D eigenvalue weighted by atomic mass is 9.81. The van der Waals surface area contributed by atoms with Crippen molar-refractivity contribution < 1.29 is 14.4 Å². The van der Waals surface area contributed by atoms with Gasteiger partial charge in [0.1, 0.15) is 6.54 Å². The molecule has 1 N–H and O–H groups in total. The second kappa shape index (κ2) is 8.77. The molecule has 168 valence electrons. The molecule has 2 aromatic rings. The molecule has 0 radical (unpaired) electrons. The van der Waals surface area contributed by atoms with Gasteiger partial charge in [-0.1, -0.05) is 55.5 Å². The highest BCUT2D eigenvalue weighted by atomic mass is 16.2. The Morgan fingerprint density at radius 2 is 1.78 bits per heavy atom. The minimum absolute atomic E-state index is 0.163. The van der Waals surface area contributed by atoms with E-state index < -0.39 is 17.5 Å². The predicted octanol–water partition coefficient (Wildman–Crippen LogP) is 3.89. The van der Waals surface area contributed by atoms with Crippen LogP contribution in [0.1, 0.15) is 54.9 Å². The molecule has 2 saturated heterocycles. The van der Waals surface area contributed by atoms with Crippen LogP contribution in [-0.2, 0) is 15.1 Å². The van der Waals surface area contributed by atoms with Crippen LogP contribution in [0.15, 0.2) is 48.5 Å². The molecule has 2 fully saturated rings. The van der Waals surface area contributed by atoms with E-state index in [1.54, 1.807) is 0 Å². The summed E-state index contributed by atoms with van der Waals surface area (Å²) < 4.78 is 0. The van der Waals surface area contributed by atoms with Crippen molar-refractivity contribution in [3.8, 4) is 0 Å². The predicted molar refractivity (Wildman–Crippen MR) is 123 cm³/mol. The molecule has 0 aromatic heterocycles. The maximum Gasteiger partial charge on any atom is 0.326 e. The molecular formula is C26H31N3O3. The summed E-state index contributed by atoms with van der Waals surface area (Å²) in [7, 11) is 0. The Hall–Kier alpha value is -3.15. The van der Waals surface area contributed by atoms with E-state index in [2.05, 4.69) is 12.2 Å².